The van der Waals surface area contributed by atoms with Crippen molar-refractivity contribution in [2.75, 3.05) is 0 Å². The molecule has 0 N–H and O–H groups in total. The fourth-order valence-electron chi connectivity index (χ4n) is 3.73. The van der Waals surface area contributed by atoms with Crippen molar-refractivity contribution in [3.8, 4) is 11.3 Å². The molecule has 0 saturated carbocycles. The minimum absolute atomic E-state index is 0.522. The monoisotopic (exact) mass is 318 g/mol. The van der Waals surface area contributed by atoms with Crippen LogP contribution >= 0.6 is 0 Å². The van der Waals surface area contributed by atoms with E-state index < -0.39 is 0 Å². The maximum Gasteiger partial charge on any atom is 0.220 e. The van der Waals surface area contributed by atoms with E-state index in [2.05, 4.69) is 89.6 Å². The zero-order valence-electron chi connectivity index (χ0n) is 16.0. The number of aryl methyl sites for hydroxylation is 3. The summed E-state index contributed by atoms with van der Waals surface area (Å²) in [6.45, 7) is 13.4. The van der Waals surface area contributed by atoms with Gasteiger partial charge >= 0.3 is 0 Å². The van der Waals surface area contributed by atoms with Crippen molar-refractivity contribution in [2.24, 2.45) is 7.05 Å². The van der Waals surface area contributed by atoms with Gasteiger partial charge in [0.25, 0.3) is 0 Å². The Bertz CT molecular complexity index is 933. The Morgan fingerprint density at radius 2 is 1.58 bits per heavy atom. The standard InChI is InChI=1S/C23H28N/c1-14(2)19-9-8-10-20-22(19)13-17(5)24(7)23(20)21-12-15(3)11-16(4)18(21)6/h8-14H,1-7H3/q+1. The Hall–Kier alpha value is -2.15. The van der Waals surface area contributed by atoms with E-state index in [9.17, 15) is 0 Å². The van der Waals surface area contributed by atoms with E-state index in [0.717, 1.165) is 0 Å². The third-order valence-corrected chi connectivity index (χ3v) is 5.30. The van der Waals surface area contributed by atoms with Crippen LogP contribution < -0.4 is 4.57 Å². The van der Waals surface area contributed by atoms with E-state index in [1.165, 1.54) is 50.0 Å². The Labute approximate surface area is 146 Å². The maximum absolute atomic E-state index is 2.34. The zero-order valence-corrected chi connectivity index (χ0v) is 16.0. The summed E-state index contributed by atoms with van der Waals surface area (Å²) in [6, 6.07) is 13.7. The molecule has 0 saturated heterocycles. The number of hydrogen-bond donors (Lipinski definition) is 0. The molecule has 0 spiro atoms. The normalized spacial score (nSPS) is 11.5. The van der Waals surface area contributed by atoms with Crippen molar-refractivity contribution in [3.63, 3.8) is 0 Å². The van der Waals surface area contributed by atoms with E-state index in [1.807, 2.05) is 0 Å². The predicted octanol–water partition coefficient (Wildman–Crippen LogP) is 5.69. The summed E-state index contributed by atoms with van der Waals surface area (Å²) in [7, 11) is 2.18. The first-order valence-electron chi connectivity index (χ1n) is 8.81. The van der Waals surface area contributed by atoms with Gasteiger partial charge in [-0.2, -0.15) is 4.57 Å². The minimum atomic E-state index is 0.522. The van der Waals surface area contributed by atoms with Crippen LogP contribution in [0.25, 0.3) is 22.0 Å². The van der Waals surface area contributed by atoms with Crippen molar-refractivity contribution in [1.29, 1.82) is 0 Å². The molecule has 0 aliphatic carbocycles. The van der Waals surface area contributed by atoms with Gasteiger partial charge in [-0.3, -0.25) is 0 Å². The second kappa shape index (κ2) is 6.05. The first-order chi connectivity index (χ1) is 11.3. The second-order valence-electron chi connectivity index (χ2n) is 7.41. The van der Waals surface area contributed by atoms with Crippen LogP contribution in [-0.4, -0.2) is 0 Å². The van der Waals surface area contributed by atoms with Crippen LogP contribution in [-0.2, 0) is 7.05 Å². The molecule has 0 fully saturated rings. The van der Waals surface area contributed by atoms with Crippen LogP contribution in [0.5, 0.6) is 0 Å². The highest BCUT2D eigenvalue weighted by Crippen LogP contribution is 2.34. The molecule has 1 nitrogen and oxygen atoms in total. The smallest absolute Gasteiger partial charge is 0.198 e. The molecule has 1 heterocycles. The average molecular weight is 318 g/mol. The summed E-state index contributed by atoms with van der Waals surface area (Å²) < 4.78 is 2.34. The SMILES string of the molecule is Cc1cc(C)c(C)c(-c2c3cccc(C(C)C)c3cc(C)[n+]2C)c1. The maximum atomic E-state index is 2.34. The van der Waals surface area contributed by atoms with Crippen LogP contribution in [0.2, 0.25) is 0 Å². The van der Waals surface area contributed by atoms with Gasteiger partial charge in [0.05, 0.1) is 10.9 Å². The Kier molecular flexibility index (Phi) is 4.21. The second-order valence-corrected chi connectivity index (χ2v) is 7.41. The van der Waals surface area contributed by atoms with Gasteiger partial charge in [-0.15, -0.1) is 0 Å². The lowest BCUT2D eigenvalue weighted by Crippen LogP contribution is -2.35. The number of nitrogens with zero attached hydrogens (tertiary/aromatic N) is 1. The van der Waals surface area contributed by atoms with Gasteiger partial charge in [0.15, 0.2) is 5.69 Å². The molecule has 24 heavy (non-hydrogen) atoms. The number of pyridine rings is 1. The van der Waals surface area contributed by atoms with Crippen LogP contribution in [0.1, 0.15) is 47.7 Å². The molecule has 0 aliphatic heterocycles. The minimum Gasteiger partial charge on any atom is -0.198 e. The molecule has 0 atom stereocenters. The number of rotatable bonds is 2. The van der Waals surface area contributed by atoms with E-state index in [4.69, 9.17) is 0 Å². The number of fused-ring (bicyclic) bond motifs is 1. The molecule has 0 radical (unpaired) electrons. The molecule has 3 aromatic rings. The molecule has 1 aromatic heterocycles. The molecule has 0 bridgehead atoms. The summed E-state index contributed by atoms with van der Waals surface area (Å²) >= 11 is 0. The van der Waals surface area contributed by atoms with E-state index in [1.54, 1.807) is 0 Å². The highest BCUT2D eigenvalue weighted by Gasteiger charge is 2.22. The summed E-state index contributed by atoms with van der Waals surface area (Å²) in [6.07, 6.45) is 0. The zero-order chi connectivity index (χ0) is 17.6. The molecule has 0 aliphatic rings. The Morgan fingerprint density at radius 3 is 2.25 bits per heavy atom. The van der Waals surface area contributed by atoms with Crippen molar-refractivity contribution in [1.82, 2.24) is 0 Å². The van der Waals surface area contributed by atoms with Crippen LogP contribution in [0.15, 0.2) is 36.4 Å². The highest BCUT2D eigenvalue weighted by atomic mass is 14.9. The van der Waals surface area contributed by atoms with Gasteiger partial charge in [0.2, 0.25) is 5.69 Å². The molecular weight excluding hydrogens is 290 g/mol. The lowest BCUT2D eigenvalue weighted by molar-refractivity contribution is -0.665. The molecule has 0 amide bonds. The van der Waals surface area contributed by atoms with Crippen LogP contribution in [0.4, 0.5) is 0 Å². The van der Waals surface area contributed by atoms with E-state index >= 15 is 0 Å². The molecule has 3 rings (SSSR count). The van der Waals surface area contributed by atoms with Crippen LogP contribution in [0.3, 0.4) is 0 Å². The molecule has 2 aromatic carbocycles. The third kappa shape index (κ3) is 2.62. The molecular formula is C23H28N+. The van der Waals surface area contributed by atoms with Crippen molar-refractivity contribution in [3.05, 3.63) is 64.3 Å². The fourth-order valence-corrected chi connectivity index (χ4v) is 3.73. The number of benzene rings is 2. The first kappa shape index (κ1) is 16.7. The van der Waals surface area contributed by atoms with Crippen molar-refractivity contribution >= 4 is 10.8 Å². The van der Waals surface area contributed by atoms with Crippen molar-refractivity contribution < 1.29 is 4.57 Å². The van der Waals surface area contributed by atoms with Gasteiger partial charge in [0, 0.05) is 13.0 Å². The topological polar surface area (TPSA) is 3.88 Å². The fraction of sp³-hybridized carbons (Fsp3) is 0.348. The Morgan fingerprint density at radius 1 is 0.875 bits per heavy atom. The summed E-state index contributed by atoms with van der Waals surface area (Å²) in [4.78, 5) is 0. The average Bonchev–Trinajstić information content (AvgIpc) is 2.52. The van der Waals surface area contributed by atoms with Gasteiger partial charge < -0.3 is 0 Å². The predicted molar refractivity (Wildman–Crippen MR) is 104 cm³/mol. The quantitative estimate of drug-likeness (QED) is 0.535. The van der Waals surface area contributed by atoms with Gasteiger partial charge in [-0.05, 0) is 60.9 Å². The van der Waals surface area contributed by atoms with E-state index in [-0.39, 0.29) is 0 Å². The lowest BCUT2D eigenvalue weighted by Gasteiger charge is -2.15. The summed E-state index contributed by atoms with van der Waals surface area (Å²) in [5.74, 6) is 0.522. The molecule has 124 valence electrons. The number of hydrogen-bond acceptors (Lipinski definition) is 0. The van der Waals surface area contributed by atoms with Gasteiger partial charge in [0.1, 0.15) is 7.05 Å². The Balaban J connectivity index is 2.49. The summed E-state index contributed by atoms with van der Waals surface area (Å²) in [5, 5.41) is 2.74. The first-order valence-corrected chi connectivity index (χ1v) is 8.81. The van der Waals surface area contributed by atoms with Crippen LogP contribution in [0, 0.1) is 27.7 Å². The largest absolute Gasteiger partial charge is 0.220 e. The van der Waals surface area contributed by atoms with Crippen molar-refractivity contribution in [2.45, 2.75) is 47.5 Å². The molecule has 0 unspecified atom stereocenters. The van der Waals surface area contributed by atoms with Gasteiger partial charge in [-0.1, -0.05) is 37.6 Å². The molecule has 1 heteroatoms. The lowest BCUT2D eigenvalue weighted by atomic mass is 9.91. The summed E-state index contributed by atoms with van der Waals surface area (Å²) in [5.41, 5.74) is 9.46. The van der Waals surface area contributed by atoms with E-state index in [0.29, 0.717) is 5.92 Å². The third-order valence-electron chi connectivity index (χ3n) is 5.30. The van der Waals surface area contributed by atoms with Gasteiger partial charge in [-0.25, -0.2) is 0 Å². The number of aromatic nitrogens is 1. The highest BCUT2D eigenvalue weighted by molar-refractivity contribution is 5.96.